The van der Waals surface area contributed by atoms with Crippen LogP contribution in [-0.2, 0) is 21.7 Å². The zero-order valence-corrected chi connectivity index (χ0v) is 12.2. The molecule has 0 atom stereocenters. The van der Waals surface area contributed by atoms with Crippen molar-refractivity contribution in [2.24, 2.45) is 0 Å². The van der Waals surface area contributed by atoms with Crippen molar-refractivity contribution in [3.63, 3.8) is 0 Å². The second kappa shape index (κ2) is 11.8. The van der Waals surface area contributed by atoms with E-state index < -0.39 is 8.25 Å². The Balaban J connectivity index is 0. The molecule has 5 heteroatoms. The van der Waals surface area contributed by atoms with Gasteiger partial charge in [0.1, 0.15) is 0 Å². The van der Waals surface area contributed by atoms with Crippen molar-refractivity contribution in [2.75, 3.05) is 0 Å². The Labute approximate surface area is 83.1 Å². The molecular weight excluding hydrogens is 228 g/mol. The van der Waals surface area contributed by atoms with Gasteiger partial charge in [-0.1, -0.05) is 0 Å². The molecule has 0 bridgehead atoms. The normalized spacial score (nSPS) is 9.25. The fourth-order valence-electron chi connectivity index (χ4n) is 0.803. The molecule has 0 aromatic heterocycles. The standard InChI is InChI=1S/C4H9.C3H7.H3O3P.Zn/c1-3-4-2;1-3-2;1-4(2)3;/h1,3-4H2,2H3;3H,1-2H3;4H,(H2,1,2,3);. The minimum Gasteiger partial charge on any atom is -0.326 e. The summed E-state index contributed by atoms with van der Waals surface area (Å²) in [4.78, 5) is 14.3. The van der Waals surface area contributed by atoms with Gasteiger partial charge in [-0.3, -0.25) is 4.57 Å². The Morgan fingerprint density at radius 2 is 1.83 bits per heavy atom. The number of hydrogen-bond donors (Lipinski definition) is 2. The van der Waals surface area contributed by atoms with Crippen molar-refractivity contribution in [1.82, 2.24) is 0 Å². The van der Waals surface area contributed by atoms with E-state index in [1.807, 2.05) is 0 Å². The van der Waals surface area contributed by atoms with E-state index in [2.05, 4.69) is 20.8 Å². The first kappa shape index (κ1) is 15.3. The van der Waals surface area contributed by atoms with E-state index in [4.69, 9.17) is 14.4 Å². The van der Waals surface area contributed by atoms with Crippen molar-refractivity contribution < 1.29 is 31.5 Å². The quantitative estimate of drug-likeness (QED) is 0.456. The van der Waals surface area contributed by atoms with Gasteiger partial charge in [-0.25, -0.2) is 0 Å². The van der Waals surface area contributed by atoms with Crippen LogP contribution in [0.4, 0.5) is 0 Å². The number of rotatable bonds is 4. The molecule has 0 aliphatic carbocycles. The summed E-state index contributed by atoms with van der Waals surface area (Å²) in [5.74, 6) is 0. The van der Waals surface area contributed by atoms with E-state index in [1.54, 1.807) is 5.02 Å². The summed E-state index contributed by atoms with van der Waals surface area (Å²) in [6.45, 7) is 7.02. The van der Waals surface area contributed by atoms with Crippen molar-refractivity contribution in [1.29, 1.82) is 0 Å². The van der Waals surface area contributed by atoms with Crippen molar-refractivity contribution >= 4 is 8.25 Å². The molecule has 72 valence electrons. The van der Waals surface area contributed by atoms with Crippen LogP contribution in [0.1, 0.15) is 33.6 Å². The number of unbranched alkanes of at least 4 members (excludes halogenated alkanes) is 1. The summed E-state index contributed by atoms with van der Waals surface area (Å²) < 4.78 is 9.83. The average molecular weight is 248 g/mol. The second-order valence-corrected chi connectivity index (χ2v) is 9.86. The SMILES string of the molecule is CCC[CH2][Zn][CH](C)C.O=[PH](O)O. The van der Waals surface area contributed by atoms with Gasteiger partial charge in [0, 0.05) is 0 Å². The molecule has 0 aromatic rings. The third-order valence-electron chi connectivity index (χ3n) is 1.39. The van der Waals surface area contributed by atoms with Gasteiger partial charge >= 0.3 is 68.5 Å². The maximum atomic E-state index is 8.74. The molecule has 12 heavy (non-hydrogen) atoms. The first-order valence-corrected chi connectivity index (χ1v) is 9.54. The molecule has 0 spiro atoms. The summed E-state index contributed by atoms with van der Waals surface area (Å²) in [6, 6.07) is 0. The topological polar surface area (TPSA) is 57.5 Å². The van der Waals surface area contributed by atoms with Gasteiger partial charge in [0.25, 0.3) is 0 Å². The average Bonchev–Trinajstić information content (AvgIpc) is 1.86. The zero-order valence-electron chi connectivity index (χ0n) is 8.21. The van der Waals surface area contributed by atoms with Crippen molar-refractivity contribution in [2.45, 2.75) is 43.1 Å². The first-order valence-electron chi connectivity index (χ1n) is 4.42. The summed E-state index contributed by atoms with van der Waals surface area (Å²) >= 11 is -0.0413. The molecule has 0 aromatic carbocycles. The minimum absolute atomic E-state index is 0.0413. The molecule has 0 rings (SSSR count). The largest absolute Gasteiger partial charge is 0.326 e. The molecule has 0 radical (unpaired) electrons. The van der Waals surface area contributed by atoms with Gasteiger partial charge in [-0.05, 0) is 0 Å². The Bertz CT molecular complexity index is 105. The van der Waals surface area contributed by atoms with Crippen molar-refractivity contribution in [3.8, 4) is 0 Å². The van der Waals surface area contributed by atoms with Crippen LogP contribution in [-0.4, -0.2) is 9.79 Å². The maximum absolute atomic E-state index is 8.74. The predicted octanol–water partition coefficient (Wildman–Crippen LogP) is 2.48. The Morgan fingerprint density at radius 3 is 2.08 bits per heavy atom. The monoisotopic (exact) mass is 246 g/mol. The van der Waals surface area contributed by atoms with Crippen LogP contribution in [0.25, 0.3) is 0 Å². The molecule has 0 aliphatic rings. The van der Waals surface area contributed by atoms with Crippen LogP contribution in [0.5, 0.6) is 0 Å². The van der Waals surface area contributed by atoms with Gasteiger partial charge in [0.05, 0.1) is 0 Å². The Hall–Kier alpha value is 0.773. The van der Waals surface area contributed by atoms with E-state index in [1.165, 1.54) is 12.8 Å². The summed E-state index contributed by atoms with van der Waals surface area (Å²) in [5.41, 5.74) is 0. The van der Waals surface area contributed by atoms with E-state index in [0.29, 0.717) is 0 Å². The van der Waals surface area contributed by atoms with Crippen LogP contribution in [0.2, 0.25) is 9.53 Å². The molecule has 0 saturated heterocycles. The third kappa shape index (κ3) is 30.9. The Morgan fingerprint density at radius 1 is 1.42 bits per heavy atom. The zero-order chi connectivity index (χ0) is 9.98. The second-order valence-electron chi connectivity index (χ2n) is 3.17. The summed E-state index contributed by atoms with van der Waals surface area (Å²) in [5, 5.41) is 1.61. The molecule has 0 amide bonds. The molecule has 0 unspecified atom stereocenters. The van der Waals surface area contributed by atoms with Gasteiger partial charge in [0.2, 0.25) is 0 Å². The fourth-order valence-corrected chi connectivity index (χ4v) is 4.17. The predicted molar refractivity (Wildman–Crippen MR) is 48.3 cm³/mol. The fraction of sp³-hybridized carbons (Fsp3) is 1.00. The van der Waals surface area contributed by atoms with E-state index >= 15 is 0 Å². The minimum atomic E-state index is -3.13. The van der Waals surface area contributed by atoms with Crippen molar-refractivity contribution in [3.05, 3.63) is 0 Å². The summed E-state index contributed by atoms with van der Waals surface area (Å²) in [6.07, 6.45) is 2.90. The molecular formula is C7H19O3PZn. The first-order chi connectivity index (χ1) is 5.50. The smallest absolute Gasteiger partial charge is 0.314 e. The maximum Gasteiger partial charge on any atom is 0.314 e. The van der Waals surface area contributed by atoms with Crippen LogP contribution < -0.4 is 0 Å². The van der Waals surface area contributed by atoms with E-state index in [0.717, 1.165) is 4.51 Å². The number of hydrogen-bond acceptors (Lipinski definition) is 1. The van der Waals surface area contributed by atoms with Gasteiger partial charge < -0.3 is 9.79 Å². The Kier molecular flexibility index (Phi) is 15.0. The van der Waals surface area contributed by atoms with Crippen LogP contribution >= 0.6 is 8.25 Å². The van der Waals surface area contributed by atoms with E-state index in [9.17, 15) is 0 Å². The summed E-state index contributed by atoms with van der Waals surface area (Å²) in [7, 11) is -3.13. The van der Waals surface area contributed by atoms with Crippen LogP contribution in [0.15, 0.2) is 0 Å². The molecule has 3 nitrogen and oxygen atoms in total. The molecule has 2 N–H and O–H groups in total. The van der Waals surface area contributed by atoms with E-state index in [-0.39, 0.29) is 17.1 Å². The van der Waals surface area contributed by atoms with Crippen LogP contribution in [0, 0.1) is 0 Å². The molecule has 0 aliphatic heterocycles. The van der Waals surface area contributed by atoms with Gasteiger partial charge in [-0.15, -0.1) is 0 Å². The van der Waals surface area contributed by atoms with Crippen LogP contribution in [0.3, 0.4) is 0 Å². The molecule has 0 saturated carbocycles. The third-order valence-corrected chi connectivity index (χ3v) is 5.71. The molecule has 0 fully saturated rings. The van der Waals surface area contributed by atoms with Gasteiger partial charge in [-0.2, -0.15) is 0 Å². The molecule has 0 heterocycles. The van der Waals surface area contributed by atoms with Gasteiger partial charge in [0.15, 0.2) is 0 Å².